The number of carbonyl (C=O) groups excluding carboxylic acids is 1. The van der Waals surface area contributed by atoms with Gasteiger partial charge in [0, 0.05) is 24.0 Å². The number of rotatable bonds is 1. The predicted octanol–water partition coefficient (Wildman–Crippen LogP) is 1.31. The molecule has 2 N–H and O–H groups in total. The summed E-state index contributed by atoms with van der Waals surface area (Å²) >= 11 is 0. The Bertz CT molecular complexity index is 439. The van der Waals surface area contributed by atoms with Gasteiger partial charge in [-0.05, 0) is 38.2 Å². The highest BCUT2D eigenvalue weighted by atomic mass is 16.3. The second-order valence-corrected chi connectivity index (χ2v) is 4.98. The number of aliphatic hydroxyl groups excluding tert-OH is 1. The molecule has 1 aliphatic carbocycles. The second kappa shape index (κ2) is 4.18. The lowest BCUT2D eigenvalue weighted by atomic mass is 9.94. The van der Waals surface area contributed by atoms with E-state index in [0.29, 0.717) is 0 Å². The van der Waals surface area contributed by atoms with Crippen molar-refractivity contribution in [1.82, 2.24) is 9.88 Å². The molecule has 2 heterocycles. The Morgan fingerprint density at radius 2 is 2.24 bits per heavy atom. The number of nitrogens with one attached hydrogen (secondary N) is 1. The van der Waals surface area contributed by atoms with Crippen molar-refractivity contribution < 1.29 is 9.90 Å². The fourth-order valence-corrected chi connectivity index (χ4v) is 3.00. The number of hydrogen-bond acceptors (Lipinski definition) is 2. The Morgan fingerprint density at radius 3 is 3.06 bits per heavy atom. The highest BCUT2D eigenvalue weighted by Gasteiger charge is 2.28. The summed E-state index contributed by atoms with van der Waals surface area (Å²) in [6.45, 7) is 0.793. The molecule has 0 saturated carbocycles. The van der Waals surface area contributed by atoms with Crippen molar-refractivity contribution in [3.63, 3.8) is 0 Å². The molecule has 4 heteroatoms. The van der Waals surface area contributed by atoms with E-state index < -0.39 is 0 Å². The molecule has 0 spiro atoms. The smallest absolute Gasteiger partial charge is 0.243 e. The first-order valence-corrected chi connectivity index (χ1v) is 6.43. The van der Waals surface area contributed by atoms with E-state index in [4.69, 9.17) is 0 Å². The van der Waals surface area contributed by atoms with Crippen LogP contribution in [0.25, 0.3) is 0 Å². The van der Waals surface area contributed by atoms with Gasteiger partial charge in [0.2, 0.25) is 5.91 Å². The van der Waals surface area contributed by atoms with Gasteiger partial charge < -0.3 is 15.0 Å². The van der Waals surface area contributed by atoms with Crippen molar-refractivity contribution in [1.29, 1.82) is 0 Å². The molecule has 2 atom stereocenters. The standard InChI is InChI=1S/C13H18N2O2/c16-12-5-1-3-10-9(12)6-8-15(10)11-4-2-7-14-13(11)17/h6,8,11-12,16H,1-5,7H2,(H,14,17). The van der Waals surface area contributed by atoms with Gasteiger partial charge in [-0.15, -0.1) is 0 Å². The van der Waals surface area contributed by atoms with E-state index in [1.807, 2.05) is 12.3 Å². The molecule has 1 aromatic heterocycles. The maximum atomic E-state index is 11.9. The number of aliphatic hydroxyl groups is 1. The fraction of sp³-hybridized carbons (Fsp3) is 0.615. The zero-order chi connectivity index (χ0) is 11.8. The molecule has 1 amide bonds. The number of carbonyl (C=O) groups is 1. The van der Waals surface area contributed by atoms with E-state index in [0.717, 1.165) is 49.9 Å². The van der Waals surface area contributed by atoms with Crippen molar-refractivity contribution in [2.45, 2.75) is 44.2 Å². The van der Waals surface area contributed by atoms with Crippen LogP contribution in [0.4, 0.5) is 0 Å². The van der Waals surface area contributed by atoms with E-state index in [-0.39, 0.29) is 18.1 Å². The number of piperidine rings is 1. The van der Waals surface area contributed by atoms with Crippen LogP contribution in [-0.4, -0.2) is 22.1 Å². The Kier molecular flexibility index (Phi) is 2.67. The summed E-state index contributed by atoms with van der Waals surface area (Å²) in [5.74, 6) is 0.120. The quantitative estimate of drug-likeness (QED) is 0.769. The van der Waals surface area contributed by atoms with Crippen LogP contribution in [-0.2, 0) is 11.2 Å². The van der Waals surface area contributed by atoms with Gasteiger partial charge in [0.15, 0.2) is 0 Å². The van der Waals surface area contributed by atoms with E-state index in [1.165, 1.54) is 0 Å². The van der Waals surface area contributed by atoms with Crippen LogP contribution in [0.3, 0.4) is 0 Å². The Morgan fingerprint density at radius 1 is 1.35 bits per heavy atom. The molecular weight excluding hydrogens is 216 g/mol. The van der Waals surface area contributed by atoms with Crippen LogP contribution >= 0.6 is 0 Å². The van der Waals surface area contributed by atoms with Crippen LogP contribution < -0.4 is 5.32 Å². The van der Waals surface area contributed by atoms with Gasteiger partial charge in [-0.3, -0.25) is 4.79 Å². The molecule has 2 aliphatic rings. The van der Waals surface area contributed by atoms with Crippen molar-refractivity contribution in [2.75, 3.05) is 6.54 Å². The molecule has 92 valence electrons. The highest BCUT2D eigenvalue weighted by molar-refractivity contribution is 5.81. The summed E-state index contributed by atoms with van der Waals surface area (Å²) in [5.41, 5.74) is 2.18. The van der Waals surface area contributed by atoms with Gasteiger partial charge in [0.25, 0.3) is 0 Å². The van der Waals surface area contributed by atoms with Crippen LogP contribution in [0.2, 0.25) is 0 Å². The third kappa shape index (κ3) is 1.76. The van der Waals surface area contributed by atoms with Crippen molar-refractivity contribution in [2.24, 2.45) is 0 Å². The molecule has 0 aromatic carbocycles. The van der Waals surface area contributed by atoms with Crippen molar-refractivity contribution in [3.8, 4) is 0 Å². The predicted molar refractivity (Wildman–Crippen MR) is 63.6 cm³/mol. The Hall–Kier alpha value is -1.29. The average molecular weight is 234 g/mol. The summed E-state index contributed by atoms with van der Waals surface area (Å²) in [4.78, 5) is 11.9. The van der Waals surface area contributed by atoms with E-state index >= 15 is 0 Å². The zero-order valence-corrected chi connectivity index (χ0v) is 9.85. The van der Waals surface area contributed by atoms with Gasteiger partial charge in [-0.2, -0.15) is 0 Å². The van der Waals surface area contributed by atoms with Crippen molar-refractivity contribution in [3.05, 3.63) is 23.5 Å². The van der Waals surface area contributed by atoms with Gasteiger partial charge in [0.05, 0.1) is 6.10 Å². The number of amides is 1. The average Bonchev–Trinajstić information content (AvgIpc) is 2.75. The van der Waals surface area contributed by atoms with Crippen molar-refractivity contribution >= 4 is 5.91 Å². The maximum absolute atomic E-state index is 11.9. The van der Waals surface area contributed by atoms with Gasteiger partial charge >= 0.3 is 0 Å². The van der Waals surface area contributed by atoms with Gasteiger partial charge in [-0.25, -0.2) is 0 Å². The molecule has 17 heavy (non-hydrogen) atoms. The second-order valence-electron chi connectivity index (χ2n) is 4.98. The minimum Gasteiger partial charge on any atom is -0.388 e. The Labute approximate surface area is 101 Å². The molecule has 4 nitrogen and oxygen atoms in total. The third-order valence-electron chi connectivity index (χ3n) is 3.90. The van der Waals surface area contributed by atoms with Crippen LogP contribution in [0.5, 0.6) is 0 Å². The lowest BCUT2D eigenvalue weighted by molar-refractivity contribution is -0.125. The molecule has 1 fully saturated rings. The lowest BCUT2D eigenvalue weighted by Gasteiger charge is -2.27. The molecular formula is C13H18N2O2. The van der Waals surface area contributed by atoms with Crippen LogP contribution in [0.15, 0.2) is 12.3 Å². The normalized spacial score (nSPS) is 28.6. The number of nitrogens with zero attached hydrogens (tertiary/aromatic N) is 1. The van der Waals surface area contributed by atoms with Gasteiger partial charge in [0.1, 0.15) is 6.04 Å². The number of fused-ring (bicyclic) bond motifs is 1. The largest absolute Gasteiger partial charge is 0.388 e. The molecule has 1 aromatic rings. The maximum Gasteiger partial charge on any atom is 0.243 e. The topological polar surface area (TPSA) is 54.3 Å². The zero-order valence-electron chi connectivity index (χ0n) is 9.85. The first kappa shape index (κ1) is 10.8. The summed E-state index contributed by atoms with van der Waals surface area (Å²) in [7, 11) is 0. The summed E-state index contributed by atoms with van der Waals surface area (Å²) in [6.07, 6.45) is 6.39. The lowest BCUT2D eigenvalue weighted by Crippen LogP contribution is -2.38. The molecule has 1 aliphatic heterocycles. The van der Waals surface area contributed by atoms with Gasteiger partial charge in [-0.1, -0.05) is 0 Å². The molecule has 1 saturated heterocycles. The van der Waals surface area contributed by atoms with E-state index in [1.54, 1.807) is 0 Å². The first-order valence-electron chi connectivity index (χ1n) is 6.43. The summed E-state index contributed by atoms with van der Waals surface area (Å²) in [5, 5.41) is 12.8. The minimum absolute atomic E-state index is 0.0715. The monoisotopic (exact) mass is 234 g/mol. The molecule has 0 radical (unpaired) electrons. The fourth-order valence-electron chi connectivity index (χ4n) is 3.00. The molecule has 0 bridgehead atoms. The molecule has 3 rings (SSSR count). The van der Waals surface area contributed by atoms with Crippen LogP contribution in [0, 0.1) is 0 Å². The minimum atomic E-state index is -0.341. The van der Waals surface area contributed by atoms with E-state index in [2.05, 4.69) is 9.88 Å². The first-order chi connectivity index (χ1) is 8.27. The summed E-state index contributed by atoms with van der Waals surface area (Å²) in [6, 6.07) is 1.90. The third-order valence-corrected chi connectivity index (χ3v) is 3.90. The highest BCUT2D eigenvalue weighted by Crippen LogP contribution is 2.33. The Balaban J connectivity index is 1.95. The molecule has 2 unspecified atom stereocenters. The van der Waals surface area contributed by atoms with E-state index in [9.17, 15) is 9.90 Å². The number of hydrogen-bond donors (Lipinski definition) is 2. The van der Waals surface area contributed by atoms with Crippen LogP contribution in [0.1, 0.15) is 49.1 Å². The number of aromatic nitrogens is 1. The SMILES string of the molecule is O=C1NCCCC1n1ccc2c1CCCC2O. The summed E-state index contributed by atoms with van der Waals surface area (Å²) < 4.78 is 2.08.